The van der Waals surface area contributed by atoms with Crippen molar-refractivity contribution in [3.63, 3.8) is 0 Å². The minimum Gasteiger partial charge on any atom is -0.306 e. The van der Waals surface area contributed by atoms with Gasteiger partial charge in [-0.1, -0.05) is 60.1 Å². The zero-order valence-electron chi connectivity index (χ0n) is 16.3. The molecule has 0 bridgehead atoms. The molecule has 0 amide bonds. The molecule has 29 heavy (non-hydrogen) atoms. The van der Waals surface area contributed by atoms with E-state index in [1.54, 1.807) is 6.20 Å². The zero-order chi connectivity index (χ0) is 20.1. The first-order valence-corrected chi connectivity index (χ1v) is 10.1. The summed E-state index contributed by atoms with van der Waals surface area (Å²) in [6.07, 6.45) is 5.75. The number of hydrogen-bond donors (Lipinski definition) is 1. The molecule has 1 N–H and O–H groups in total. The number of pyridine rings is 1. The SMILES string of the molecule is CC(NCc1cn(Cc2ccccc2)nc1-c1cccnc1)c1ccccc1Cl. The zero-order valence-corrected chi connectivity index (χ0v) is 17.1. The number of halogens is 1. The molecule has 2 aromatic heterocycles. The molecule has 0 aliphatic heterocycles. The van der Waals surface area contributed by atoms with Gasteiger partial charge in [-0.3, -0.25) is 9.67 Å². The van der Waals surface area contributed by atoms with Gasteiger partial charge in [0, 0.05) is 47.3 Å². The van der Waals surface area contributed by atoms with Gasteiger partial charge in [-0.05, 0) is 36.2 Å². The summed E-state index contributed by atoms with van der Waals surface area (Å²) >= 11 is 6.36. The number of nitrogens with zero attached hydrogens (tertiary/aromatic N) is 3. The molecule has 0 aliphatic carbocycles. The van der Waals surface area contributed by atoms with Crippen molar-refractivity contribution in [1.82, 2.24) is 20.1 Å². The molecule has 5 heteroatoms. The Morgan fingerprint density at radius 2 is 1.79 bits per heavy atom. The quantitative estimate of drug-likeness (QED) is 0.444. The summed E-state index contributed by atoms with van der Waals surface area (Å²) in [4.78, 5) is 4.26. The third-order valence-electron chi connectivity index (χ3n) is 4.93. The van der Waals surface area contributed by atoms with Crippen LogP contribution in [0.3, 0.4) is 0 Å². The standard InChI is InChI=1S/C24H23ClN4/c1-18(22-11-5-6-12-23(22)25)27-15-21-17-29(16-19-8-3-2-4-9-19)28-24(21)20-10-7-13-26-14-20/h2-14,17-18,27H,15-16H2,1H3. The monoisotopic (exact) mass is 402 g/mol. The van der Waals surface area contributed by atoms with E-state index in [2.05, 4.69) is 53.8 Å². The van der Waals surface area contributed by atoms with Gasteiger partial charge in [0.1, 0.15) is 0 Å². The highest BCUT2D eigenvalue weighted by Gasteiger charge is 2.14. The van der Waals surface area contributed by atoms with E-state index in [1.165, 1.54) is 5.56 Å². The Balaban J connectivity index is 1.58. The minimum absolute atomic E-state index is 0.128. The molecule has 4 aromatic rings. The van der Waals surface area contributed by atoms with Crippen molar-refractivity contribution in [2.75, 3.05) is 0 Å². The fourth-order valence-electron chi connectivity index (χ4n) is 3.39. The minimum atomic E-state index is 0.128. The first-order chi connectivity index (χ1) is 14.2. The summed E-state index contributed by atoms with van der Waals surface area (Å²) in [7, 11) is 0. The average Bonchev–Trinajstić information content (AvgIpc) is 3.16. The van der Waals surface area contributed by atoms with Crippen molar-refractivity contribution in [3.8, 4) is 11.3 Å². The Labute approximate surface area is 176 Å². The lowest BCUT2D eigenvalue weighted by molar-refractivity contribution is 0.574. The number of aromatic nitrogens is 3. The van der Waals surface area contributed by atoms with Gasteiger partial charge in [0.2, 0.25) is 0 Å². The molecule has 4 nitrogen and oxygen atoms in total. The summed E-state index contributed by atoms with van der Waals surface area (Å²) in [5, 5.41) is 9.22. The van der Waals surface area contributed by atoms with Crippen LogP contribution in [0.25, 0.3) is 11.3 Å². The third-order valence-corrected chi connectivity index (χ3v) is 5.27. The Morgan fingerprint density at radius 1 is 1.00 bits per heavy atom. The Bertz CT molecular complexity index is 1060. The molecular weight excluding hydrogens is 380 g/mol. The van der Waals surface area contributed by atoms with Crippen molar-refractivity contribution >= 4 is 11.6 Å². The highest BCUT2D eigenvalue weighted by molar-refractivity contribution is 6.31. The van der Waals surface area contributed by atoms with Gasteiger partial charge < -0.3 is 5.32 Å². The molecule has 1 unspecified atom stereocenters. The lowest BCUT2D eigenvalue weighted by Crippen LogP contribution is -2.18. The van der Waals surface area contributed by atoms with Gasteiger partial charge in [0.05, 0.1) is 12.2 Å². The molecule has 0 saturated carbocycles. The van der Waals surface area contributed by atoms with Gasteiger partial charge in [-0.15, -0.1) is 0 Å². The first kappa shape index (κ1) is 19.4. The van der Waals surface area contributed by atoms with E-state index in [9.17, 15) is 0 Å². The summed E-state index contributed by atoms with van der Waals surface area (Å²) in [6.45, 7) is 3.54. The lowest BCUT2D eigenvalue weighted by Gasteiger charge is -2.15. The second-order valence-corrected chi connectivity index (χ2v) is 7.46. The van der Waals surface area contributed by atoms with Gasteiger partial charge in [-0.25, -0.2) is 0 Å². The molecule has 0 radical (unpaired) electrons. The molecule has 0 aliphatic rings. The van der Waals surface area contributed by atoms with Crippen LogP contribution in [0, 0.1) is 0 Å². The number of rotatable bonds is 7. The third kappa shape index (κ3) is 4.73. The van der Waals surface area contributed by atoms with Crippen molar-refractivity contribution < 1.29 is 0 Å². The largest absolute Gasteiger partial charge is 0.306 e. The van der Waals surface area contributed by atoms with Crippen LogP contribution in [0.1, 0.15) is 29.7 Å². The molecule has 146 valence electrons. The van der Waals surface area contributed by atoms with Gasteiger partial charge in [-0.2, -0.15) is 5.10 Å². The Morgan fingerprint density at radius 3 is 2.55 bits per heavy atom. The van der Waals surface area contributed by atoms with Gasteiger partial charge in [0.25, 0.3) is 0 Å². The van der Waals surface area contributed by atoms with Crippen LogP contribution >= 0.6 is 11.6 Å². The van der Waals surface area contributed by atoms with Crippen LogP contribution in [0.5, 0.6) is 0 Å². The summed E-state index contributed by atoms with van der Waals surface area (Å²) in [6, 6.07) is 22.4. The molecule has 2 heterocycles. The maximum Gasteiger partial charge on any atom is 0.0983 e. The Hall–Kier alpha value is -2.95. The van der Waals surface area contributed by atoms with E-state index in [-0.39, 0.29) is 6.04 Å². The molecule has 0 fully saturated rings. The van der Waals surface area contributed by atoms with Gasteiger partial charge in [0.15, 0.2) is 0 Å². The maximum atomic E-state index is 6.36. The van der Waals surface area contributed by atoms with E-state index in [0.29, 0.717) is 6.54 Å². The van der Waals surface area contributed by atoms with Crippen LogP contribution in [-0.4, -0.2) is 14.8 Å². The number of benzene rings is 2. The van der Waals surface area contributed by atoms with E-state index >= 15 is 0 Å². The second-order valence-electron chi connectivity index (χ2n) is 7.05. The first-order valence-electron chi connectivity index (χ1n) is 9.69. The van der Waals surface area contributed by atoms with E-state index in [4.69, 9.17) is 16.7 Å². The van der Waals surface area contributed by atoms with Crippen molar-refractivity contribution in [3.05, 3.63) is 107 Å². The smallest absolute Gasteiger partial charge is 0.0983 e. The van der Waals surface area contributed by atoms with Crippen molar-refractivity contribution in [2.45, 2.75) is 26.1 Å². The second kappa shape index (κ2) is 9.03. The highest BCUT2D eigenvalue weighted by atomic mass is 35.5. The Kier molecular flexibility index (Phi) is 6.03. The summed E-state index contributed by atoms with van der Waals surface area (Å²) in [5.41, 5.74) is 5.41. The molecule has 2 aromatic carbocycles. The van der Waals surface area contributed by atoms with Crippen LogP contribution in [-0.2, 0) is 13.1 Å². The molecule has 4 rings (SSSR count). The summed E-state index contributed by atoms with van der Waals surface area (Å²) in [5.74, 6) is 0. The van der Waals surface area contributed by atoms with E-state index in [1.807, 2.05) is 47.3 Å². The van der Waals surface area contributed by atoms with E-state index < -0.39 is 0 Å². The van der Waals surface area contributed by atoms with Gasteiger partial charge >= 0.3 is 0 Å². The molecular formula is C24H23ClN4. The molecule has 0 spiro atoms. The predicted octanol–water partition coefficient (Wildman–Crippen LogP) is 5.50. The molecule has 0 saturated heterocycles. The van der Waals surface area contributed by atoms with Crippen LogP contribution < -0.4 is 5.32 Å². The normalized spacial score (nSPS) is 12.1. The number of nitrogens with one attached hydrogen (secondary N) is 1. The molecule has 1 atom stereocenters. The van der Waals surface area contributed by atoms with E-state index in [0.717, 1.165) is 34.0 Å². The fraction of sp³-hybridized carbons (Fsp3) is 0.167. The van der Waals surface area contributed by atoms with Crippen LogP contribution in [0.15, 0.2) is 85.3 Å². The van der Waals surface area contributed by atoms with Crippen molar-refractivity contribution in [2.24, 2.45) is 0 Å². The van der Waals surface area contributed by atoms with Crippen molar-refractivity contribution in [1.29, 1.82) is 0 Å². The summed E-state index contributed by atoms with van der Waals surface area (Å²) < 4.78 is 1.99. The van der Waals surface area contributed by atoms with Crippen LogP contribution in [0.4, 0.5) is 0 Å². The fourth-order valence-corrected chi connectivity index (χ4v) is 3.69. The average molecular weight is 403 g/mol. The number of hydrogen-bond acceptors (Lipinski definition) is 3. The lowest BCUT2D eigenvalue weighted by atomic mass is 10.1. The van der Waals surface area contributed by atoms with Crippen LogP contribution in [0.2, 0.25) is 5.02 Å². The highest BCUT2D eigenvalue weighted by Crippen LogP contribution is 2.25. The maximum absolute atomic E-state index is 6.36. The topological polar surface area (TPSA) is 42.7 Å². The predicted molar refractivity (Wildman–Crippen MR) is 118 cm³/mol.